The average Bonchev–Trinajstić information content (AvgIpc) is 2.89. The lowest BCUT2D eigenvalue weighted by molar-refractivity contribution is 0.261. The molecule has 0 saturated heterocycles. The lowest BCUT2D eigenvalue weighted by Gasteiger charge is -2.24. The van der Waals surface area contributed by atoms with E-state index < -0.39 is 0 Å². The highest BCUT2D eigenvalue weighted by Crippen LogP contribution is 2.27. The van der Waals surface area contributed by atoms with Gasteiger partial charge in [0.25, 0.3) is 0 Å². The third-order valence-electron chi connectivity index (χ3n) is 5.87. The van der Waals surface area contributed by atoms with E-state index in [1.54, 1.807) is 19.3 Å². The number of allylic oxidation sites excluding steroid dienone is 6. The molecule has 0 radical (unpaired) electrons. The van der Waals surface area contributed by atoms with Crippen molar-refractivity contribution < 1.29 is 4.74 Å². The molecule has 200 valence electrons. The third kappa shape index (κ3) is 7.57. The molecule has 0 bridgehead atoms. The van der Waals surface area contributed by atoms with Crippen molar-refractivity contribution in [1.29, 1.82) is 5.41 Å². The Bertz CT molecular complexity index is 1270. The van der Waals surface area contributed by atoms with Gasteiger partial charge >= 0.3 is 0 Å². The fourth-order valence-electron chi connectivity index (χ4n) is 3.69. The summed E-state index contributed by atoms with van der Waals surface area (Å²) in [4.78, 5) is 10.8. The molecule has 0 spiro atoms. The van der Waals surface area contributed by atoms with Crippen molar-refractivity contribution in [2.24, 2.45) is 27.4 Å². The Balaban J connectivity index is 1.83. The van der Waals surface area contributed by atoms with E-state index in [0.29, 0.717) is 24.0 Å². The van der Waals surface area contributed by atoms with Crippen LogP contribution in [-0.2, 0) is 0 Å². The summed E-state index contributed by atoms with van der Waals surface area (Å²) in [5, 5.41) is 14.2. The minimum absolute atomic E-state index is 0.182. The normalized spacial score (nSPS) is 16.6. The minimum Gasteiger partial charge on any atom is -0.492 e. The first kappa shape index (κ1) is 28.2. The number of hydrogen-bond donors (Lipinski definition) is 5. The number of benzene rings is 1. The van der Waals surface area contributed by atoms with Gasteiger partial charge in [-0.2, -0.15) is 0 Å². The van der Waals surface area contributed by atoms with Crippen molar-refractivity contribution in [3.05, 3.63) is 94.3 Å². The molecule has 2 aliphatic rings. The lowest BCUT2D eigenvalue weighted by Crippen LogP contribution is -2.27. The first-order valence-electron chi connectivity index (χ1n) is 12.5. The zero-order chi connectivity index (χ0) is 27.7. The van der Waals surface area contributed by atoms with Crippen molar-refractivity contribution in [1.82, 2.24) is 15.5 Å². The first-order valence-corrected chi connectivity index (χ1v) is 12.5. The largest absolute Gasteiger partial charge is 0.492 e. The van der Waals surface area contributed by atoms with Crippen molar-refractivity contribution in [2.45, 2.75) is 13.8 Å². The molecule has 0 amide bonds. The number of hydrogen-bond acceptors (Lipinski definition) is 8. The van der Waals surface area contributed by atoms with Crippen LogP contribution in [0.1, 0.15) is 19.4 Å². The maximum Gasteiger partial charge on any atom is 0.132 e. The molecule has 0 saturated carbocycles. The molecule has 1 aromatic carbocycles. The molecular formula is C29H38N8O. The van der Waals surface area contributed by atoms with E-state index in [2.05, 4.69) is 25.5 Å². The number of fused-ring (bicyclic) bond motifs is 1. The van der Waals surface area contributed by atoms with Gasteiger partial charge in [0.2, 0.25) is 0 Å². The summed E-state index contributed by atoms with van der Waals surface area (Å²) in [6.07, 6.45) is 12.4. The van der Waals surface area contributed by atoms with Gasteiger partial charge in [0.1, 0.15) is 24.0 Å². The van der Waals surface area contributed by atoms with Gasteiger partial charge in [-0.05, 0) is 79.7 Å². The van der Waals surface area contributed by atoms with Gasteiger partial charge in [-0.3, -0.25) is 4.99 Å². The summed E-state index contributed by atoms with van der Waals surface area (Å²) in [7, 11) is 5.74. The van der Waals surface area contributed by atoms with Gasteiger partial charge < -0.3 is 37.1 Å². The zero-order valence-corrected chi connectivity index (χ0v) is 22.7. The van der Waals surface area contributed by atoms with Gasteiger partial charge in [0.05, 0.1) is 11.4 Å². The lowest BCUT2D eigenvalue weighted by atomic mass is 9.97. The molecule has 38 heavy (non-hydrogen) atoms. The monoisotopic (exact) mass is 514 g/mol. The summed E-state index contributed by atoms with van der Waals surface area (Å²) in [5.41, 5.74) is 18.4. The van der Waals surface area contributed by atoms with Crippen LogP contribution in [0.15, 0.2) is 98.7 Å². The Morgan fingerprint density at radius 2 is 1.87 bits per heavy atom. The number of nitrogens with two attached hydrogens (primary N) is 2. The van der Waals surface area contributed by atoms with Gasteiger partial charge in [-0.25, -0.2) is 4.99 Å². The number of nitrogens with zero attached hydrogens (tertiary/aromatic N) is 3. The predicted molar refractivity (Wildman–Crippen MR) is 158 cm³/mol. The van der Waals surface area contributed by atoms with Gasteiger partial charge in [0, 0.05) is 49.1 Å². The average molecular weight is 515 g/mol. The van der Waals surface area contributed by atoms with Crippen LogP contribution >= 0.6 is 0 Å². The zero-order valence-electron chi connectivity index (χ0n) is 22.7. The Morgan fingerprint density at radius 1 is 1.13 bits per heavy atom. The van der Waals surface area contributed by atoms with Crippen molar-refractivity contribution in [2.75, 3.05) is 34.3 Å². The maximum absolute atomic E-state index is 7.57. The molecule has 1 aromatic rings. The number of likely N-dealkylation sites (N-methyl/N-ethyl adjacent to an activating group) is 1. The molecule has 0 aromatic heterocycles. The second kappa shape index (κ2) is 13.3. The summed E-state index contributed by atoms with van der Waals surface area (Å²) >= 11 is 0. The van der Waals surface area contributed by atoms with Crippen molar-refractivity contribution in [3.8, 4) is 5.75 Å². The van der Waals surface area contributed by atoms with Crippen molar-refractivity contribution in [3.63, 3.8) is 0 Å². The first-order chi connectivity index (χ1) is 18.2. The standard InChI is InChI=1S/C29H38N8O/c1-19(2)21(16-30)15-27(31)36-28-11-10-25-26(35-28)14-22(17-34-25)24(18-33-3)29(32)20-6-8-23(9-7-20)38-13-12-37(4)5/h6-11,14-19,30,34-35H,12-13,32H2,1-5H3,(H2,31,36). The van der Waals surface area contributed by atoms with E-state index in [4.69, 9.17) is 21.6 Å². The molecule has 0 aliphatic carbocycles. The quantitative estimate of drug-likeness (QED) is 0.227. The Labute approximate surface area is 225 Å². The molecule has 7 N–H and O–H groups in total. The molecular weight excluding hydrogens is 476 g/mol. The molecule has 0 atom stereocenters. The second-order valence-electron chi connectivity index (χ2n) is 9.43. The molecule has 0 fully saturated rings. The third-order valence-corrected chi connectivity index (χ3v) is 5.87. The topological polar surface area (TPSA) is 137 Å². The fourth-order valence-corrected chi connectivity index (χ4v) is 3.69. The number of dihydropyridines is 2. The maximum atomic E-state index is 7.57. The van der Waals surface area contributed by atoms with Gasteiger partial charge in [-0.15, -0.1) is 0 Å². The number of ether oxygens (including phenoxy) is 1. The van der Waals surface area contributed by atoms with E-state index in [9.17, 15) is 0 Å². The van der Waals surface area contributed by atoms with Crippen molar-refractivity contribution >= 4 is 24.0 Å². The Hall–Kier alpha value is -4.37. The van der Waals surface area contributed by atoms with Crippen LogP contribution in [0.2, 0.25) is 0 Å². The fraction of sp³-hybridized carbons (Fsp3) is 0.276. The summed E-state index contributed by atoms with van der Waals surface area (Å²) < 4.78 is 5.80. The van der Waals surface area contributed by atoms with Crippen LogP contribution in [-0.4, -0.2) is 57.5 Å². The molecule has 2 aliphatic heterocycles. The van der Waals surface area contributed by atoms with Crippen LogP contribution in [0.5, 0.6) is 5.75 Å². The van der Waals surface area contributed by atoms with Crippen LogP contribution in [0.3, 0.4) is 0 Å². The Morgan fingerprint density at radius 3 is 2.50 bits per heavy atom. The van der Waals surface area contributed by atoms with E-state index in [1.807, 2.05) is 76.6 Å². The second-order valence-corrected chi connectivity index (χ2v) is 9.43. The van der Waals surface area contributed by atoms with E-state index in [1.165, 1.54) is 6.21 Å². The van der Waals surface area contributed by atoms with Crippen LogP contribution in [0.25, 0.3) is 5.70 Å². The van der Waals surface area contributed by atoms with Crippen LogP contribution < -0.4 is 26.8 Å². The van der Waals surface area contributed by atoms with E-state index in [-0.39, 0.29) is 5.92 Å². The smallest absolute Gasteiger partial charge is 0.132 e. The number of rotatable bonds is 11. The molecule has 2 heterocycles. The highest BCUT2D eigenvalue weighted by atomic mass is 16.5. The van der Waals surface area contributed by atoms with Crippen LogP contribution in [0, 0.1) is 11.3 Å². The SMILES string of the molecule is CN=CC(C1=CNC2=CC=C(N=C(N)C=C(C=N)C(C)C)NC2=C1)=C(N)c1ccc(OCCN(C)C)cc1. The van der Waals surface area contributed by atoms with E-state index in [0.717, 1.165) is 46.0 Å². The molecule has 9 nitrogen and oxygen atoms in total. The molecule has 9 heteroatoms. The minimum atomic E-state index is 0.182. The van der Waals surface area contributed by atoms with Gasteiger partial charge in [0.15, 0.2) is 0 Å². The number of nitrogens with one attached hydrogen (secondary N) is 3. The van der Waals surface area contributed by atoms with E-state index >= 15 is 0 Å². The van der Waals surface area contributed by atoms with Gasteiger partial charge in [-0.1, -0.05) is 13.8 Å². The highest BCUT2D eigenvalue weighted by Gasteiger charge is 2.18. The molecule has 0 unspecified atom stereocenters. The molecule has 3 rings (SSSR count). The summed E-state index contributed by atoms with van der Waals surface area (Å²) in [6, 6.07) is 7.74. The predicted octanol–water partition coefficient (Wildman–Crippen LogP) is 3.29. The van der Waals surface area contributed by atoms with Crippen LogP contribution in [0.4, 0.5) is 0 Å². The number of amidine groups is 1. The summed E-state index contributed by atoms with van der Waals surface area (Å²) in [5.74, 6) is 1.90. The summed E-state index contributed by atoms with van der Waals surface area (Å²) in [6.45, 7) is 5.48. The number of aliphatic imine (C=N–C) groups is 2. The Kier molecular flexibility index (Phi) is 9.84. The highest BCUT2D eigenvalue weighted by molar-refractivity contribution is 5.98.